The molecule has 0 aliphatic carbocycles. The number of carbonyl (C=O) groups excluding carboxylic acids is 4. The van der Waals surface area contributed by atoms with Gasteiger partial charge >= 0.3 is 23.9 Å². The lowest BCUT2D eigenvalue weighted by Gasteiger charge is -2.34. The Morgan fingerprint density at radius 2 is 0.760 bits per heavy atom. The summed E-state index contributed by atoms with van der Waals surface area (Å²) in [5.74, 6) is -3.00. The Labute approximate surface area is 291 Å². The van der Waals surface area contributed by atoms with Crippen LogP contribution in [-0.4, -0.2) is 158 Å². The monoisotopic (exact) mass is 720 g/mol. The van der Waals surface area contributed by atoms with E-state index in [2.05, 4.69) is 26.3 Å². The van der Waals surface area contributed by atoms with Crippen LogP contribution in [0.4, 0.5) is 0 Å². The van der Waals surface area contributed by atoms with E-state index in [0.29, 0.717) is 0 Å². The molecular weight excluding hydrogens is 668 g/mol. The molecule has 0 bridgehead atoms. The minimum Gasteiger partial charge on any atom is -0.460 e. The molecule has 0 fully saturated rings. The number of carbonyl (C=O) groups is 4. The van der Waals surface area contributed by atoms with Crippen LogP contribution in [0, 0.1) is 0 Å². The molecule has 0 aliphatic heterocycles. The SMILES string of the molecule is C=C(C)C(=O)OCC(O)COC[C@H](OCC(O)COC(=O)C(=C)C)[C@@H](OCC(O)COC(=O)C(=C)C)[C@@H](CO)OCC(O)COC(=O)C(=C)C. The maximum Gasteiger partial charge on any atom is 0.333 e. The van der Waals surface area contributed by atoms with Crippen LogP contribution in [0.1, 0.15) is 27.7 Å². The van der Waals surface area contributed by atoms with E-state index in [-0.39, 0.29) is 22.3 Å². The number of hydrogen-bond acceptors (Lipinski definition) is 17. The molecule has 5 N–H and O–H groups in total. The maximum absolute atomic E-state index is 11.8. The van der Waals surface area contributed by atoms with Crippen molar-refractivity contribution in [3.05, 3.63) is 48.6 Å². The summed E-state index contributed by atoms with van der Waals surface area (Å²) in [6.45, 7) is 14.5. The van der Waals surface area contributed by atoms with Gasteiger partial charge in [-0.1, -0.05) is 26.3 Å². The van der Waals surface area contributed by atoms with Crippen molar-refractivity contribution in [2.75, 3.05) is 66.1 Å². The van der Waals surface area contributed by atoms with E-state index in [9.17, 15) is 44.7 Å². The molecule has 0 heterocycles. The topological polar surface area (TPSA) is 243 Å². The highest BCUT2D eigenvalue weighted by molar-refractivity contribution is 5.88. The summed E-state index contributed by atoms with van der Waals surface area (Å²) < 4.78 is 42.6. The first-order valence-corrected chi connectivity index (χ1v) is 15.5. The number of hydrogen-bond donors (Lipinski definition) is 5. The van der Waals surface area contributed by atoms with Crippen molar-refractivity contribution < 1.29 is 82.6 Å². The Hall–Kier alpha value is -3.52. The Morgan fingerprint density at radius 3 is 1.08 bits per heavy atom. The van der Waals surface area contributed by atoms with E-state index >= 15 is 0 Å². The fourth-order valence-electron chi connectivity index (χ4n) is 3.33. The van der Waals surface area contributed by atoms with Crippen molar-refractivity contribution in [2.45, 2.75) is 70.4 Å². The average molecular weight is 721 g/mol. The van der Waals surface area contributed by atoms with E-state index < -0.39 is 133 Å². The predicted octanol–water partition coefficient (Wildman–Crippen LogP) is -0.928. The van der Waals surface area contributed by atoms with Gasteiger partial charge in [-0.15, -0.1) is 0 Å². The molecule has 0 spiro atoms. The van der Waals surface area contributed by atoms with Crippen molar-refractivity contribution in [1.29, 1.82) is 0 Å². The molecule has 0 aromatic heterocycles. The second-order valence-corrected chi connectivity index (χ2v) is 11.4. The summed E-state index contributed by atoms with van der Waals surface area (Å²) in [7, 11) is 0. The highest BCUT2D eigenvalue weighted by Crippen LogP contribution is 2.16. The van der Waals surface area contributed by atoms with Gasteiger partial charge in [-0.25, -0.2) is 19.2 Å². The fourth-order valence-corrected chi connectivity index (χ4v) is 3.33. The summed E-state index contributed by atoms with van der Waals surface area (Å²) in [4.78, 5) is 46.9. The first-order valence-electron chi connectivity index (χ1n) is 15.5. The van der Waals surface area contributed by atoms with Crippen molar-refractivity contribution in [2.24, 2.45) is 0 Å². The number of ether oxygens (including phenoxy) is 8. The van der Waals surface area contributed by atoms with Crippen LogP contribution in [-0.2, 0) is 57.1 Å². The third-order valence-electron chi connectivity index (χ3n) is 6.01. The molecule has 0 saturated carbocycles. The lowest BCUT2D eigenvalue weighted by molar-refractivity contribution is -0.191. The summed E-state index contributed by atoms with van der Waals surface area (Å²) in [5, 5.41) is 51.7. The molecule has 286 valence electrons. The molecule has 17 heteroatoms. The third-order valence-corrected chi connectivity index (χ3v) is 6.01. The third kappa shape index (κ3) is 20.9. The van der Waals surface area contributed by atoms with Gasteiger partial charge in [-0.2, -0.15) is 0 Å². The van der Waals surface area contributed by atoms with Crippen molar-refractivity contribution in [3.63, 3.8) is 0 Å². The first-order chi connectivity index (χ1) is 23.4. The second-order valence-electron chi connectivity index (χ2n) is 11.4. The lowest BCUT2D eigenvalue weighted by atomic mass is 10.1. The van der Waals surface area contributed by atoms with Gasteiger partial charge in [0.25, 0.3) is 0 Å². The van der Waals surface area contributed by atoms with Gasteiger partial charge in [0.05, 0.1) is 39.6 Å². The average Bonchev–Trinajstić information content (AvgIpc) is 3.06. The number of esters is 4. The van der Waals surface area contributed by atoms with Crippen LogP contribution >= 0.6 is 0 Å². The van der Waals surface area contributed by atoms with E-state index in [1.54, 1.807) is 0 Å². The molecule has 0 rings (SSSR count). The zero-order valence-electron chi connectivity index (χ0n) is 29.1. The first kappa shape index (κ1) is 46.5. The minimum atomic E-state index is -1.40. The molecule has 0 amide bonds. The van der Waals surface area contributed by atoms with Crippen LogP contribution < -0.4 is 0 Å². The Balaban J connectivity index is 6.02. The van der Waals surface area contributed by atoms with Crippen LogP contribution in [0.15, 0.2) is 48.6 Å². The molecule has 0 radical (unpaired) electrons. The van der Waals surface area contributed by atoms with Crippen molar-refractivity contribution in [1.82, 2.24) is 0 Å². The van der Waals surface area contributed by atoms with Gasteiger partial charge in [0, 0.05) is 22.3 Å². The van der Waals surface area contributed by atoms with E-state index in [4.69, 9.17) is 37.9 Å². The number of aliphatic hydroxyl groups excluding tert-OH is 5. The Kier molecular flexibility index (Phi) is 23.6. The van der Waals surface area contributed by atoms with E-state index in [1.807, 2.05) is 0 Å². The molecule has 7 atom stereocenters. The van der Waals surface area contributed by atoms with Crippen LogP contribution in [0.3, 0.4) is 0 Å². The molecule has 0 aromatic rings. The van der Waals surface area contributed by atoms with E-state index in [1.165, 1.54) is 27.7 Å². The lowest BCUT2D eigenvalue weighted by Crippen LogP contribution is -2.49. The van der Waals surface area contributed by atoms with Crippen LogP contribution in [0.25, 0.3) is 0 Å². The standard InChI is InChI=1S/C33H52O17/c1-19(2)30(39)47-14-23(35)10-43-18-28(45-12-25(37)16-49-32(41)21(5)6)29(46-13-26(38)17-50-33(42)22(7)8)27(9-34)44-11-24(36)15-48-31(40)20(3)4/h23-29,34-38H,1,3,5,7,9-18H2,2,4,6,8H3/t23?,24?,25?,26?,27-,28+,29+/m1/s1. The molecule has 4 unspecified atom stereocenters. The van der Waals surface area contributed by atoms with Gasteiger partial charge < -0.3 is 63.4 Å². The Morgan fingerprint density at radius 1 is 0.460 bits per heavy atom. The molecule has 0 saturated heterocycles. The summed E-state index contributed by atoms with van der Waals surface area (Å²) in [6.07, 6.45) is -9.40. The molecule has 50 heavy (non-hydrogen) atoms. The normalized spacial score (nSPS) is 15.3. The van der Waals surface area contributed by atoms with Gasteiger partial charge in [-0.05, 0) is 27.7 Å². The smallest absolute Gasteiger partial charge is 0.333 e. The minimum absolute atomic E-state index is 0.0897. The van der Waals surface area contributed by atoms with Gasteiger partial charge in [-0.3, -0.25) is 0 Å². The molecule has 0 aliphatic rings. The van der Waals surface area contributed by atoms with Gasteiger partial charge in [0.2, 0.25) is 0 Å². The molecular formula is C33H52O17. The van der Waals surface area contributed by atoms with Crippen LogP contribution in [0.5, 0.6) is 0 Å². The second kappa shape index (κ2) is 25.4. The summed E-state index contributed by atoms with van der Waals surface area (Å²) in [5.41, 5.74) is 0.400. The predicted molar refractivity (Wildman–Crippen MR) is 174 cm³/mol. The molecule has 0 aromatic carbocycles. The zero-order chi connectivity index (χ0) is 38.4. The zero-order valence-corrected chi connectivity index (χ0v) is 29.1. The fraction of sp³-hybridized carbons (Fsp3) is 0.636. The van der Waals surface area contributed by atoms with Gasteiger partial charge in [0.15, 0.2) is 0 Å². The summed E-state index contributed by atoms with van der Waals surface area (Å²) in [6, 6.07) is 0. The van der Waals surface area contributed by atoms with Crippen molar-refractivity contribution in [3.8, 4) is 0 Å². The highest BCUT2D eigenvalue weighted by atomic mass is 16.6. The Bertz CT molecular complexity index is 1140. The molecule has 17 nitrogen and oxygen atoms in total. The quantitative estimate of drug-likeness (QED) is 0.0372. The van der Waals surface area contributed by atoms with Crippen molar-refractivity contribution >= 4 is 23.9 Å². The largest absolute Gasteiger partial charge is 0.460 e. The maximum atomic E-state index is 11.8. The number of aliphatic hydroxyl groups is 5. The number of rotatable bonds is 28. The summed E-state index contributed by atoms with van der Waals surface area (Å²) >= 11 is 0. The van der Waals surface area contributed by atoms with E-state index in [0.717, 1.165) is 0 Å². The highest BCUT2D eigenvalue weighted by Gasteiger charge is 2.34. The van der Waals surface area contributed by atoms with Gasteiger partial charge in [0.1, 0.15) is 69.2 Å². The van der Waals surface area contributed by atoms with Crippen LogP contribution in [0.2, 0.25) is 0 Å².